The molecule has 0 fully saturated rings. The van der Waals surface area contributed by atoms with Crippen molar-refractivity contribution in [3.8, 4) is 0 Å². The first kappa shape index (κ1) is 13.4. The molecule has 1 heterocycles. The Kier molecular flexibility index (Phi) is 4.01. The molecule has 0 aliphatic carbocycles. The molecule has 1 N–H and O–H groups in total. The first-order chi connectivity index (χ1) is 9.06. The number of halogens is 1. The number of nitrogens with one attached hydrogen (secondary N) is 1. The second kappa shape index (κ2) is 5.71. The van der Waals surface area contributed by atoms with E-state index in [1.807, 2.05) is 0 Å². The van der Waals surface area contributed by atoms with E-state index in [4.69, 9.17) is 11.6 Å². The van der Waals surface area contributed by atoms with E-state index in [0.29, 0.717) is 16.5 Å². The fourth-order valence-electron chi connectivity index (χ4n) is 1.59. The summed E-state index contributed by atoms with van der Waals surface area (Å²) in [5.41, 5.74) is 0.617. The van der Waals surface area contributed by atoms with Crippen LogP contribution in [0.1, 0.15) is 12.2 Å². The van der Waals surface area contributed by atoms with Crippen LogP contribution in [0, 0.1) is 6.92 Å². The Bertz CT molecular complexity index is 648. The minimum Gasteiger partial charge on any atom is -0.326 e. The van der Waals surface area contributed by atoms with Gasteiger partial charge in [0.25, 0.3) is 0 Å². The number of carbonyl (C=O) groups is 1. The van der Waals surface area contributed by atoms with Gasteiger partial charge in [0.2, 0.25) is 5.91 Å². The third-order valence-corrected chi connectivity index (χ3v) is 2.77. The minimum absolute atomic E-state index is 0.147. The smallest absolute Gasteiger partial charge is 0.326 e. The molecular weight excluding hydrogens is 270 g/mol. The van der Waals surface area contributed by atoms with Crippen LogP contribution in [0.25, 0.3) is 0 Å². The van der Waals surface area contributed by atoms with Gasteiger partial charge in [-0.15, -0.1) is 0 Å². The number of carbonyl (C=O) groups excluding carboxylic acids is 1. The predicted octanol–water partition coefficient (Wildman–Crippen LogP) is 1.83. The highest BCUT2D eigenvalue weighted by molar-refractivity contribution is 6.30. The summed E-state index contributed by atoms with van der Waals surface area (Å²) in [4.78, 5) is 23.0. The van der Waals surface area contributed by atoms with Crippen LogP contribution in [0.4, 0.5) is 5.69 Å². The Balaban J connectivity index is 1.94. The average molecular weight is 282 g/mol. The van der Waals surface area contributed by atoms with Crippen LogP contribution in [0.15, 0.2) is 33.6 Å². The van der Waals surface area contributed by atoms with Crippen molar-refractivity contribution in [3.05, 3.63) is 45.7 Å². The SMILES string of the molecule is Cc1noc(=O)n1CCC(=O)Nc1cccc(Cl)c1. The molecule has 0 bridgehead atoms. The van der Waals surface area contributed by atoms with E-state index in [9.17, 15) is 9.59 Å². The van der Waals surface area contributed by atoms with E-state index in [-0.39, 0.29) is 18.9 Å². The van der Waals surface area contributed by atoms with E-state index in [1.165, 1.54) is 4.57 Å². The third-order valence-electron chi connectivity index (χ3n) is 2.54. The molecule has 0 atom stereocenters. The van der Waals surface area contributed by atoms with Crippen molar-refractivity contribution in [2.45, 2.75) is 19.9 Å². The minimum atomic E-state index is -0.562. The van der Waals surface area contributed by atoms with E-state index >= 15 is 0 Å². The van der Waals surface area contributed by atoms with Crippen molar-refractivity contribution in [3.63, 3.8) is 0 Å². The summed E-state index contributed by atoms with van der Waals surface area (Å²) in [6.07, 6.45) is 0.147. The summed E-state index contributed by atoms with van der Waals surface area (Å²) >= 11 is 5.81. The molecule has 0 aliphatic rings. The highest BCUT2D eigenvalue weighted by Gasteiger charge is 2.09. The van der Waals surface area contributed by atoms with Gasteiger partial charge in [-0.3, -0.25) is 13.9 Å². The van der Waals surface area contributed by atoms with Gasteiger partial charge in [-0.1, -0.05) is 22.8 Å². The molecule has 0 saturated heterocycles. The number of benzene rings is 1. The summed E-state index contributed by atoms with van der Waals surface area (Å²) < 4.78 is 5.77. The maximum absolute atomic E-state index is 11.7. The predicted molar refractivity (Wildman–Crippen MR) is 70.2 cm³/mol. The summed E-state index contributed by atoms with van der Waals surface area (Å²) in [5.74, 6) is -0.330. The first-order valence-electron chi connectivity index (χ1n) is 5.65. The Labute approximate surface area is 114 Å². The molecule has 6 nitrogen and oxygen atoms in total. The first-order valence-corrected chi connectivity index (χ1v) is 6.02. The highest BCUT2D eigenvalue weighted by atomic mass is 35.5. The summed E-state index contributed by atoms with van der Waals surface area (Å²) in [7, 11) is 0. The van der Waals surface area contributed by atoms with Gasteiger partial charge in [0.05, 0.1) is 0 Å². The molecule has 2 rings (SSSR count). The van der Waals surface area contributed by atoms with Crippen LogP contribution in [-0.2, 0) is 11.3 Å². The second-order valence-corrected chi connectivity index (χ2v) is 4.39. The molecule has 7 heteroatoms. The maximum Gasteiger partial charge on any atom is 0.441 e. The lowest BCUT2D eigenvalue weighted by atomic mass is 10.3. The lowest BCUT2D eigenvalue weighted by Gasteiger charge is -2.05. The fraction of sp³-hybridized carbons (Fsp3) is 0.250. The molecule has 0 aliphatic heterocycles. The molecule has 0 spiro atoms. The number of hydrogen-bond donors (Lipinski definition) is 1. The zero-order chi connectivity index (χ0) is 13.8. The third kappa shape index (κ3) is 3.45. The lowest BCUT2D eigenvalue weighted by molar-refractivity contribution is -0.116. The molecule has 1 amide bonds. The van der Waals surface area contributed by atoms with Crippen LogP contribution in [-0.4, -0.2) is 15.6 Å². The quantitative estimate of drug-likeness (QED) is 0.927. The molecule has 100 valence electrons. The highest BCUT2D eigenvalue weighted by Crippen LogP contribution is 2.15. The lowest BCUT2D eigenvalue weighted by Crippen LogP contribution is -2.20. The number of anilines is 1. The Morgan fingerprint density at radius 1 is 1.53 bits per heavy atom. The van der Waals surface area contributed by atoms with Crippen molar-refractivity contribution >= 4 is 23.2 Å². The zero-order valence-corrected chi connectivity index (χ0v) is 11.0. The molecule has 1 aromatic heterocycles. The number of aryl methyl sites for hydroxylation is 1. The molecule has 0 radical (unpaired) electrons. The molecule has 2 aromatic rings. The van der Waals surface area contributed by atoms with Crippen molar-refractivity contribution < 1.29 is 9.32 Å². The number of aromatic nitrogens is 2. The Morgan fingerprint density at radius 3 is 2.95 bits per heavy atom. The van der Waals surface area contributed by atoms with E-state index in [0.717, 1.165) is 0 Å². The topological polar surface area (TPSA) is 77.1 Å². The van der Waals surface area contributed by atoms with E-state index in [2.05, 4.69) is 15.0 Å². The monoisotopic (exact) mass is 281 g/mol. The maximum atomic E-state index is 11.7. The summed E-state index contributed by atoms with van der Waals surface area (Å²) in [6, 6.07) is 6.85. The fourth-order valence-corrected chi connectivity index (χ4v) is 1.78. The molecule has 19 heavy (non-hydrogen) atoms. The molecule has 0 saturated carbocycles. The van der Waals surface area contributed by atoms with Gasteiger partial charge in [-0.05, 0) is 25.1 Å². The van der Waals surface area contributed by atoms with Crippen LogP contribution in [0.2, 0.25) is 5.02 Å². The Hall–Kier alpha value is -2.08. The van der Waals surface area contributed by atoms with Crippen LogP contribution < -0.4 is 11.1 Å². The van der Waals surface area contributed by atoms with Crippen molar-refractivity contribution in [2.75, 3.05) is 5.32 Å². The number of hydrogen-bond acceptors (Lipinski definition) is 4. The molecule has 1 aromatic carbocycles. The van der Waals surface area contributed by atoms with Crippen molar-refractivity contribution in [1.29, 1.82) is 0 Å². The van der Waals surface area contributed by atoms with Gasteiger partial charge in [-0.2, -0.15) is 0 Å². The normalized spacial score (nSPS) is 10.4. The number of nitrogens with zero attached hydrogens (tertiary/aromatic N) is 2. The van der Waals surface area contributed by atoms with Gasteiger partial charge in [0.15, 0.2) is 5.82 Å². The largest absolute Gasteiger partial charge is 0.441 e. The van der Waals surface area contributed by atoms with Gasteiger partial charge in [-0.25, -0.2) is 4.79 Å². The second-order valence-electron chi connectivity index (χ2n) is 3.96. The van der Waals surface area contributed by atoms with E-state index < -0.39 is 5.76 Å². The molecular formula is C12H12ClN3O3. The van der Waals surface area contributed by atoms with Crippen LogP contribution in [0.3, 0.4) is 0 Å². The molecule has 0 unspecified atom stereocenters. The van der Waals surface area contributed by atoms with Crippen molar-refractivity contribution in [2.24, 2.45) is 0 Å². The van der Waals surface area contributed by atoms with Crippen LogP contribution in [0.5, 0.6) is 0 Å². The standard InChI is InChI=1S/C12H12ClN3O3/c1-8-15-19-12(18)16(8)6-5-11(17)14-10-4-2-3-9(13)7-10/h2-4,7H,5-6H2,1H3,(H,14,17). The average Bonchev–Trinajstić information content (AvgIpc) is 2.67. The van der Waals surface area contributed by atoms with Gasteiger partial charge >= 0.3 is 5.76 Å². The number of rotatable bonds is 4. The van der Waals surface area contributed by atoms with Crippen molar-refractivity contribution in [1.82, 2.24) is 9.72 Å². The number of amides is 1. The van der Waals surface area contributed by atoms with Crippen LogP contribution >= 0.6 is 11.6 Å². The Morgan fingerprint density at radius 2 is 2.32 bits per heavy atom. The summed E-state index contributed by atoms with van der Waals surface area (Å²) in [6.45, 7) is 1.86. The van der Waals surface area contributed by atoms with Gasteiger partial charge in [0.1, 0.15) is 0 Å². The van der Waals surface area contributed by atoms with Gasteiger partial charge < -0.3 is 5.32 Å². The van der Waals surface area contributed by atoms with Gasteiger partial charge in [0, 0.05) is 23.7 Å². The zero-order valence-electron chi connectivity index (χ0n) is 10.2. The summed E-state index contributed by atoms with van der Waals surface area (Å²) in [5, 5.41) is 6.76. The van der Waals surface area contributed by atoms with E-state index in [1.54, 1.807) is 31.2 Å².